The number of primary amides is 1. The molecule has 0 bridgehead atoms. The van der Waals surface area contributed by atoms with E-state index in [0.29, 0.717) is 5.92 Å². The van der Waals surface area contributed by atoms with E-state index in [1.165, 1.54) is 0 Å². The highest BCUT2D eigenvalue weighted by Crippen LogP contribution is 2.10. The minimum Gasteiger partial charge on any atom is -0.368 e. The summed E-state index contributed by atoms with van der Waals surface area (Å²) >= 11 is 0. The number of amides is 1. The minimum absolute atomic E-state index is 0.282. The molecule has 1 unspecified atom stereocenters. The van der Waals surface area contributed by atoms with Gasteiger partial charge in [0.1, 0.15) is 0 Å². The molecule has 0 rings (SSSR count). The summed E-state index contributed by atoms with van der Waals surface area (Å²) in [5.74, 6) is 0.366. The Kier molecular flexibility index (Phi) is 6.60. The number of nitrogens with one attached hydrogen (secondary N) is 1. The van der Waals surface area contributed by atoms with Gasteiger partial charge in [-0.05, 0) is 32.9 Å². The van der Waals surface area contributed by atoms with Crippen LogP contribution in [0.5, 0.6) is 0 Å². The fourth-order valence-corrected chi connectivity index (χ4v) is 1.65. The first-order valence-electron chi connectivity index (χ1n) is 6.07. The van der Waals surface area contributed by atoms with Crippen molar-refractivity contribution in [3.8, 4) is 0 Å². The van der Waals surface area contributed by atoms with Crippen LogP contribution >= 0.6 is 0 Å². The van der Waals surface area contributed by atoms with Gasteiger partial charge in [0.2, 0.25) is 5.91 Å². The van der Waals surface area contributed by atoms with Crippen LogP contribution in [-0.2, 0) is 4.79 Å². The molecule has 96 valence electrons. The molecular formula is C12H27N3O. The lowest BCUT2D eigenvalue weighted by Gasteiger charge is -2.30. The molecule has 3 N–H and O–H groups in total. The van der Waals surface area contributed by atoms with Gasteiger partial charge in [-0.2, -0.15) is 0 Å². The molecule has 1 atom stereocenters. The van der Waals surface area contributed by atoms with Gasteiger partial charge < -0.3 is 16.0 Å². The van der Waals surface area contributed by atoms with Gasteiger partial charge in [-0.1, -0.05) is 20.8 Å². The van der Waals surface area contributed by atoms with Crippen molar-refractivity contribution in [2.24, 2.45) is 11.7 Å². The van der Waals surface area contributed by atoms with E-state index in [1.807, 2.05) is 6.92 Å². The summed E-state index contributed by atoms with van der Waals surface area (Å²) in [6, 6.07) is 0. The molecule has 1 amide bonds. The molecule has 0 heterocycles. The summed E-state index contributed by atoms with van der Waals surface area (Å²) in [5.41, 5.74) is 4.80. The maximum absolute atomic E-state index is 11.3. The van der Waals surface area contributed by atoms with E-state index >= 15 is 0 Å². The zero-order valence-corrected chi connectivity index (χ0v) is 11.3. The van der Waals surface area contributed by atoms with Crippen molar-refractivity contribution in [3.05, 3.63) is 0 Å². The zero-order valence-electron chi connectivity index (χ0n) is 11.3. The van der Waals surface area contributed by atoms with Crippen molar-refractivity contribution >= 4 is 5.91 Å². The van der Waals surface area contributed by atoms with Gasteiger partial charge in [-0.15, -0.1) is 0 Å². The summed E-state index contributed by atoms with van der Waals surface area (Å²) in [7, 11) is 1.78. The average Bonchev–Trinajstić information content (AvgIpc) is 2.22. The number of nitrogens with zero attached hydrogens (tertiary/aromatic N) is 1. The van der Waals surface area contributed by atoms with Gasteiger partial charge >= 0.3 is 0 Å². The Labute approximate surface area is 99.6 Å². The van der Waals surface area contributed by atoms with Crippen molar-refractivity contribution in [1.82, 2.24) is 10.2 Å². The van der Waals surface area contributed by atoms with E-state index in [-0.39, 0.29) is 5.91 Å². The van der Waals surface area contributed by atoms with E-state index in [1.54, 1.807) is 7.05 Å². The minimum atomic E-state index is -0.593. The molecule has 0 aromatic heterocycles. The first kappa shape index (κ1) is 15.4. The number of nitrogens with two attached hydrogens (primary N) is 1. The molecular weight excluding hydrogens is 202 g/mol. The molecule has 0 saturated heterocycles. The lowest BCUT2D eigenvalue weighted by molar-refractivity contribution is -0.124. The van der Waals surface area contributed by atoms with E-state index in [4.69, 9.17) is 5.73 Å². The smallest absolute Gasteiger partial charge is 0.237 e. The third-order valence-electron chi connectivity index (χ3n) is 3.09. The topological polar surface area (TPSA) is 58.4 Å². The van der Waals surface area contributed by atoms with Crippen molar-refractivity contribution in [1.29, 1.82) is 0 Å². The summed E-state index contributed by atoms with van der Waals surface area (Å²) in [5, 5.41) is 3.01. The monoisotopic (exact) mass is 229 g/mol. The van der Waals surface area contributed by atoms with Crippen molar-refractivity contribution < 1.29 is 4.79 Å². The highest BCUT2D eigenvalue weighted by Gasteiger charge is 2.28. The average molecular weight is 229 g/mol. The third-order valence-corrected chi connectivity index (χ3v) is 3.09. The standard InChI is InChI=1S/C12H27N3O/c1-6-15(9-10(2)3)8-7-12(4,14-5)11(13)16/h10,14H,6-9H2,1-5H3,(H2,13,16). The van der Waals surface area contributed by atoms with E-state index in [2.05, 4.69) is 31.0 Å². The van der Waals surface area contributed by atoms with Gasteiger partial charge in [0.25, 0.3) is 0 Å². The van der Waals surface area contributed by atoms with E-state index in [0.717, 1.165) is 26.1 Å². The molecule has 0 aliphatic rings. The number of carbonyl (C=O) groups is 1. The van der Waals surface area contributed by atoms with E-state index < -0.39 is 5.54 Å². The van der Waals surface area contributed by atoms with Crippen LogP contribution < -0.4 is 11.1 Å². The van der Waals surface area contributed by atoms with Crippen LogP contribution in [0.3, 0.4) is 0 Å². The van der Waals surface area contributed by atoms with Crippen LogP contribution in [0.1, 0.15) is 34.1 Å². The second-order valence-corrected chi connectivity index (χ2v) is 4.98. The van der Waals surface area contributed by atoms with Gasteiger partial charge in [0, 0.05) is 13.1 Å². The molecule has 0 aromatic rings. The van der Waals surface area contributed by atoms with Crippen molar-refractivity contribution in [2.75, 3.05) is 26.7 Å². The molecule has 16 heavy (non-hydrogen) atoms. The first-order valence-corrected chi connectivity index (χ1v) is 6.07. The fraction of sp³-hybridized carbons (Fsp3) is 0.917. The van der Waals surface area contributed by atoms with Crippen molar-refractivity contribution in [2.45, 2.75) is 39.7 Å². The second kappa shape index (κ2) is 6.86. The summed E-state index contributed by atoms with van der Waals surface area (Å²) in [4.78, 5) is 13.7. The first-order chi connectivity index (χ1) is 7.35. The van der Waals surface area contributed by atoms with Crippen LogP contribution in [0, 0.1) is 5.92 Å². The van der Waals surface area contributed by atoms with Gasteiger partial charge in [0.05, 0.1) is 5.54 Å². The summed E-state index contributed by atoms with van der Waals surface area (Å²) in [6.45, 7) is 11.4. The van der Waals surface area contributed by atoms with Gasteiger partial charge in [-0.25, -0.2) is 0 Å². The Morgan fingerprint density at radius 2 is 2.06 bits per heavy atom. The molecule has 4 nitrogen and oxygen atoms in total. The Bertz CT molecular complexity index is 218. The quantitative estimate of drug-likeness (QED) is 0.648. The summed E-state index contributed by atoms with van der Waals surface area (Å²) in [6.07, 6.45) is 0.749. The van der Waals surface area contributed by atoms with Crippen LogP contribution in [0.15, 0.2) is 0 Å². The Morgan fingerprint density at radius 1 is 1.50 bits per heavy atom. The van der Waals surface area contributed by atoms with Crippen LogP contribution in [0.2, 0.25) is 0 Å². The van der Waals surface area contributed by atoms with E-state index in [9.17, 15) is 4.79 Å². The van der Waals surface area contributed by atoms with Gasteiger partial charge in [-0.3, -0.25) is 4.79 Å². The third kappa shape index (κ3) is 4.94. The van der Waals surface area contributed by atoms with Crippen LogP contribution in [-0.4, -0.2) is 43.0 Å². The predicted molar refractivity (Wildman–Crippen MR) is 68.2 cm³/mol. The SMILES string of the molecule is CCN(CCC(C)(NC)C(N)=O)CC(C)C. The largest absolute Gasteiger partial charge is 0.368 e. The Hall–Kier alpha value is -0.610. The summed E-state index contributed by atoms with van der Waals surface area (Å²) < 4.78 is 0. The Balaban J connectivity index is 4.23. The maximum atomic E-state index is 11.3. The lowest BCUT2D eigenvalue weighted by atomic mass is 9.97. The van der Waals surface area contributed by atoms with Crippen molar-refractivity contribution in [3.63, 3.8) is 0 Å². The number of rotatable bonds is 8. The van der Waals surface area contributed by atoms with Gasteiger partial charge in [0.15, 0.2) is 0 Å². The fourth-order valence-electron chi connectivity index (χ4n) is 1.65. The number of carbonyl (C=O) groups excluding carboxylic acids is 1. The maximum Gasteiger partial charge on any atom is 0.237 e. The molecule has 0 aliphatic carbocycles. The molecule has 0 aromatic carbocycles. The molecule has 0 saturated carbocycles. The Morgan fingerprint density at radius 3 is 2.38 bits per heavy atom. The number of hydrogen-bond donors (Lipinski definition) is 2. The van der Waals surface area contributed by atoms with Crippen LogP contribution in [0.25, 0.3) is 0 Å². The highest BCUT2D eigenvalue weighted by atomic mass is 16.1. The molecule has 0 radical (unpaired) electrons. The zero-order chi connectivity index (χ0) is 12.8. The number of hydrogen-bond acceptors (Lipinski definition) is 3. The molecule has 0 aliphatic heterocycles. The normalized spacial score (nSPS) is 15.4. The van der Waals surface area contributed by atoms with Crippen LogP contribution in [0.4, 0.5) is 0 Å². The lowest BCUT2D eigenvalue weighted by Crippen LogP contribution is -2.53. The number of likely N-dealkylation sites (N-methyl/N-ethyl adjacent to an activating group) is 1. The highest BCUT2D eigenvalue weighted by molar-refractivity contribution is 5.84. The second-order valence-electron chi connectivity index (χ2n) is 4.98. The molecule has 4 heteroatoms. The predicted octanol–water partition coefficient (Wildman–Crippen LogP) is 0.818. The molecule has 0 spiro atoms. The molecule has 0 fully saturated rings.